The number of benzene rings is 1. The van der Waals surface area contributed by atoms with Crippen molar-refractivity contribution in [2.75, 3.05) is 11.5 Å². The van der Waals surface area contributed by atoms with Crippen molar-refractivity contribution < 1.29 is 14.3 Å². The van der Waals surface area contributed by atoms with E-state index in [0.29, 0.717) is 29.9 Å². The SMILES string of the molecule is CCOc1ccccc1N1C(=O)C2C3C=CC(C4CC34)C2C1=O. The predicted octanol–water partition coefficient (Wildman–Crippen LogP) is 2.64. The molecule has 6 atom stereocenters. The van der Waals surface area contributed by atoms with Gasteiger partial charge in [-0.05, 0) is 49.1 Å². The number of anilines is 1. The van der Waals surface area contributed by atoms with Crippen molar-refractivity contribution in [3.8, 4) is 5.75 Å². The molecule has 0 aromatic heterocycles. The van der Waals surface area contributed by atoms with Crippen LogP contribution in [0.2, 0.25) is 0 Å². The van der Waals surface area contributed by atoms with Crippen LogP contribution in [0.1, 0.15) is 13.3 Å². The van der Waals surface area contributed by atoms with Gasteiger partial charge in [-0.1, -0.05) is 24.3 Å². The Balaban J connectivity index is 1.57. The Morgan fingerprint density at radius 3 is 2.26 bits per heavy atom. The van der Waals surface area contributed by atoms with Crippen molar-refractivity contribution in [2.45, 2.75) is 13.3 Å². The zero-order valence-corrected chi connectivity index (χ0v) is 13.0. The number of carbonyl (C=O) groups excluding carboxylic acids is 2. The molecule has 118 valence electrons. The second kappa shape index (κ2) is 4.47. The van der Waals surface area contributed by atoms with Crippen molar-refractivity contribution in [2.24, 2.45) is 35.5 Å². The van der Waals surface area contributed by atoms with E-state index in [2.05, 4.69) is 12.2 Å². The lowest BCUT2D eigenvalue weighted by Gasteiger charge is -2.37. The number of hydrogen-bond donors (Lipinski definition) is 0. The van der Waals surface area contributed by atoms with Crippen LogP contribution in [0.3, 0.4) is 0 Å². The van der Waals surface area contributed by atoms with E-state index in [0.717, 1.165) is 0 Å². The van der Waals surface area contributed by atoms with Gasteiger partial charge in [-0.15, -0.1) is 0 Å². The molecule has 23 heavy (non-hydrogen) atoms. The number of para-hydroxylation sites is 2. The molecule has 2 saturated carbocycles. The number of hydrogen-bond acceptors (Lipinski definition) is 3. The Hall–Kier alpha value is -2.10. The molecule has 2 bridgehead atoms. The maximum atomic E-state index is 13.1. The lowest BCUT2D eigenvalue weighted by atomic mass is 9.63. The van der Waals surface area contributed by atoms with Crippen LogP contribution in [0.5, 0.6) is 5.75 Å². The summed E-state index contributed by atoms with van der Waals surface area (Å²) in [4.78, 5) is 27.6. The smallest absolute Gasteiger partial charge is 0.238 e. The minimum absolute atomic E-state index is 0.0307. The summed E-state index contributed by atoms with van der Waals surface area (Å²) in [5.74, 6) is 2.02. The van der Waals surface area contributed by atoms with Crippen molar-refractivity contribution in [3.63, 3.8) is 0 Å². The molecule has 6 unspecified atom stereocenters. The summed E-state index contributed by atoms with van der Waals surface area (Å²) >= 11 is 0. The van der Waals surface area contributed by atoms with Gasteiger partial charge in [-0.2, -0.15) is 0 Å². The molecule has 1 aliphatic heterocycles. The Labute approximate surface area is 135 Å². The molecule has 0 spiro atoms. The van der Waals surface area contributed by atoms with Gasteiger partial charge in [0, 0.05) is 0 Å². The van der Waals surface area contributed by atoms with E-state index in [1.54, 1.807) is 0 Å². The predicted molar refractivity (Wildman–Crippen MR) is 84.8 cm³/mol. The topological polar surface area (TPSA) is 46.6 Å². The number of rotatable bonds is 3. The Bertz CT molecular complexity index is 704. The average molecular weight is 309 g/mol. The third-order valence-electron chi connectivity index (χ3n) is 6.07. The van der Waals surface area contributed by atoms with Crippen LogP contribution in [0, 0.1) is 35.5 Å². The first-order chi connectivity index (χ1) is 11.2. The number of allylic oxidation sites excluding steroid dienone is 2. The molecule has 4 heteroatoms. The Kier molecular flexibility index (Phi) is 2.59. The van der Waals surface area contributed by atoms with Crippen LogP contribution in [0.15, 0.2) is 36.4 Å². The minimum atomic E-state index is -0.157. The van der Waals surface area contributed by atoms with Crippen molar-refractivity contribution in [3.05, 3.63) is 36.4 Å². The molecular weight excluding hydrogens is 290 g/mol. The molecule has 5 aliphatic rings. The quantitative estimate of drug-likeness (QED) is 0.637. The number of nitrogens with zero attached hydrogens (tertiary/aromatic N) is 1. The molecule has 0 N–H and O–H groups in total. The fraction of sp³-hybridized carbons (Fsp3) is 0.474. The van der Waals surface area contributed by atoms with Crippen molar-refractivity contribution >= 4 is 17.5 Å². The molecule has 1 aromatic rings. The van der Waals surface area contributed by atoms with Crippen LogP contribution in [-0.4, -0.2) is 18.4 Å². The van der Waals surface area contributed by atoms with Gasteiger partial charge in [0.25, 0.3) is 0 Å². The Morgan fingerprint density at radius 2 is 1.65 bits per heavy atom. The molecule has 6 rings (SSSR count). The van der Waals surface area contributed by atoms with Gasteiger partial charge in [0.05, 0.1) is 24.1 Å². The molecule has 1 saturated heterocycles. The first-order valence-electron chi connectivity index (χ1n) is 8.50. The van der Waals surface area contributed by atoms with Gasteiger partial charge < -0.3 is 4.74 Å². The molecule has 1 heterocycles. The van der Waals surface area contributed by atoms with E-state index < -0.39 is 0 Å². The molecule has 4 aliphatic carbocycles. The Morgan fingerprint density at radius 1 is 1.04 bits per heavy atom. The lowest BCUT2D eigenvalue weighted by molar-refractivity contribution is -0.124. The lowest BCUT2D eigenvalue weighted by Crippen LogP contribution is -2.40. The second-order valence-corrected chi connectivity index (χ2v) is 7.07. The largest absolute Gasteiger partial charge is 0.492 e. The van der Waals surface area contributed by atoms with E-state index in [4.69, 9.17) is 4.74 Å². The highest BCUT2D eigenvalue weighted by atomic mass is 16.5. The fourth-order valence-electron chi connectivity index (χ4n) is 5.11. The maximum absolute atomic E-state index is 13.1. The van der Waals surface area contributed by atoms with Gasteiger partial charge >= 0.3 is 0 Å². The van der Waals surface area contributed by atoms with Crippen LogP contribution in [0.4, 0.5) is 5.69 Å². The molecule has 4 nitrogen and oxygen atoms in total. The van der Waals surface area contributed by atoms with E-state index in [1.807, 2.05) is 31.2 Å². The standard InChI is InChI=1S/C19H19NO3/c1-2-23-15-6-4-3-5-14(15)20-18(21)16-10-7-8-11(13-9-12(10)13)17(16)19(20)22/h3-8,10-13,16-17H,2,9H2,1H3. The number of imide groups is 1. The van der Waals surface area contributed by atoms with E-state index in [9.17, 15) is 9.59 Å². The van der Waals surface area contributed by atoms with Crippen LogP contribution in [-0.2, 0) is 9.59 Å². The van der Waals surface area contributed by atoms with Gasteiger partial charge in [-0.3, -0.25) is 9.59 Å². The van der Waals surface area contributed by atoms with Gasteiger partial charge in [0.15, 0.2) is 0 Å². The highest BCUT2D eigenvalue weighted by molar-refractivity contribution is 6.23. The molecule has 3 fully saturated rings. The van der Waals surface area contributed by atoms with E-state index in [1.165, 1.54) is 11.3 Å². The van der Waals surface area contributed by atoms with Crippen molar-refractivity contribution in [1.82, 2.24) is 0 Å². The number of carbonyl (C=O) groups is 2. The van der Waals surface area contributed by atoms with Gasteiger partial charge in [0.2, 0.25) is 11.8 Å². The monoisotopic (exact) mass is 309 g/mol. The fourth-order valence-corrected chi connectivity index (χ4v) is 5.11. The summed E-state index contributed by atoms with van der Waals surface area (Å²) in [5, 5.41) is 0. The molecular formula is C19H19NO3. The first kappa shape index (κ1) is 13.3. The van der Waals surface area contributed by atoms with Crippen LogP contribution < -0.4 is 9.64 Å². The number of ether oxygens (including phenoxy) is 1. The third kappa shape index (κ3) is 1.61. The zero-order valence-electron chi connectivity index (χ0n) is 13.0. The van der Waals surface area contributed by atoms with E-state index in [-0.39, 0.29) is 35.5 Å². The summed E-state index contributed by atoms with van der Waals surface area (Å²) in [6.45, 7) is 2.42. The summed E-state index contributed by atoms with van der Waals surface area (Å²) in [7, 11) is 0. The maximum Gasteiger partial charge on any atom is 0.238 e. The molecule has 2 amide bonds. The summed E-state index contributed by atoms with van der Waals surface area (Å²) in [6, 6.07) is 7.36. The number of amides is 2. The minimum Gasteiger partial charge on any atom is -0.492 e. The summed E-state index contributed by atoms with van der Waals surface area (Å²) in [5.41, 5.74) is 0.604. The van der Waals surface area contributed by atoms with E-state index >= 15 is 0 Å². The molecule has 0 radical (unpaired) electrons. The summed E-state index contributed by atoms with van der Waals surface area (Å²) in [6.07, 6.45) is 5.58. The average Bonchev–Trinajstić information content (AvgIpc) is 3.34. The highest BCUT2D eigenvalue weighted by Gasteiger charge is 2.67. The third-order valence-corrected chi connectivity index (χ3v) is 6.07. The molecule has 1 aromatic carbocycles. The zero-order chi connectivity index (χ0) is 15.7. The van der Waals surface area contributed by atoms with Crippen LogP contribution >= 0.6 is 0 Å². The van der Waals surface area contributed by atoms with Gasteiger partial charge in [-0.25, -0.2) is 4.90 Å². The highest BCUT2D eigenvalue weighted by Crippen LogP contribution is 2.65. The normalized spacial score (nSPS) is 39.4. The van der Waals surface area contributed by atoms with Gasteiger partial charge in [0.1, 0.15) is 5.75 Å². The first-order valence-corrected chi connectivity index (χ1v) is 8.50. The summed E-state index contributed by atoms with van der Waals surface area (Å²) < 4.78 is 5.64. The van der Waals surface area contributed by atoms with Crippen molar-refractivity contribution in [1.29, 1.82) is 0 Å². The van der Waals surface area contributed by atoms with Crippen LogP contribution in [0.25, 0.3) is 0 Å². The second-order valence-electron chi connectivity index (χ2n) is 7.07.